The van der Waals surface area contributed by atoms with E-state index < -0.39 is 21.2 Å². The molecule has 2 aromatic carbocycles. The molecule has 1 saturated heterocycles. The number of nitrogens with one attached hydrogen (secondary N) is 1. The minimum absolute atomic E-state index is 0.0568. The summed E-state index contributed by atoms with van der Waals surface area (Å²) in [5, 5.41) is 0.0991. The first-order chi connectivity index (χ1) is 25.2. The molecule has 3 heterocycles. The Morgan fingerprint density at radius 3 is 2.71 bits per heavy atom. The highest BCUT2D eigenvalue weighted by molar-refractivity contribution is 7.90. The third kappa shape index (κ3) is 7.79. The summed E-state index contributed by atoms with van der Waals surface area (Å²) in [4.78, 5) is 18.7. The molecular formula is C41H54ClN3O6S. The van der Waals surface area contributed by atoms with Gasteiger partial charge in [0.15, 0.2) is 0 Å². The average molecular weight is 752 g/mol. The van der Waals surface area contributed by atoms with Gasteiger partial charge in [-0.25, -0.2) is 13.1 Å². The second-order valence-corrected chi connectivity index (χ2v) is 18.7. The number of hydrogen-bond acceptors (Lipinski definition) is 8. The molecule has 9 nitrogen and oxygen atoms in total. The standard InChI is InChI=1S/C41H54ClN3O6S/c1-28-4-2-6-37(50-21-18-44-16-19-49-20-17-44)34-12-9-32(34)25-45-26-41(15-3-5-30-23-33(42)11-13-35(30)41)27-51-38-14-10-31(24-36(38)45)40(46)43-52(47,48)39(28)22-29-7-8-29/h2,6,10-11,13-14,23-24,28-29,32,34,37,39H,3-5,7-9,12,15-22,25-27H2,1H3,(H,43,46)/b6-2-/t28-,32-,34+,37-,39+,41-/m0/s1. The zero-order chi connectivity index (χ0) is 35.9. The molecule has 2 aromatic rings. The molecule has 8 rings (SSSR count). The van der Waals surface area contributed by atoms with Crippen LogP contribution in [0, 0.1) is 23.7 Å². The number of allylic oxidation sites excluding steroid dienone is 1. The number of sulfonamides is 1. The second kappa shape index (κ2) is 15.2. The van der Waals surface area contributed by atoms with E-state index in [4.69, 9.17) is 25.8 Å². The molecule has 282 valence electrons. The van der Waals surface area contributed by atoms with Crippen molar-refractivity contribution in [2.45, 2.75) is 81.5 Å². The first-order valence-electron chi connectivity index (χ1n) is 19.6. The zero-order valence-corrected chi connectivity index (χ0v) is 32.0. The van der Waals surface area contributed by atoms with Gasteiger partial charge in [-0.05, 0) is 110 Å². The number of ether oxygens (including phenoxy) is 3. The Kier molecular flexibility index (Phi) is 10.7. The van der Waals surface area contributed by atoms with Gasteiger partial charge in [0.1, 0.15) is 5.75 Å². The molecule has 3 fully saturated rings. The van der Waals surface area contributed by atoms with E-state index >= 15 is 0 Å². The summed E-state index contributed by atoms with van der Waals surface area (Å²) < 4.78 is 49.5. The fourth-order valence-electron chi connectivity index (χ4n) is 9.45. The van der Waals surface area contributed by atoms with Gasteiger partial charge >= 0.3 is 0 Å². The fourth-order valence-corrected chi connectivity index (χ4v) is 11.4. The number of hydrogen-bond donors (Lipinski definition) is 1. The van der Waals surface area contributed by atoms with Crippen molar-refractivity contribution in [2.24, 2.45) is 23.7 Å². The lowest BCUT2D eigenvalue weighted by molar-refractivity contribution is -0.0315. The molecular weight excluding hydrogens is 698 g/mol. The molecule has 3 aliphatic carbocycles. The molecule has 1 spiro atoms. The summed E-state index contributed by atoms with van der Waals surface area (Å²) in [5.41, 5.74) is 3.51. The number of fused-ring (bicyclic) bond motifs is 4. The van der Waals surface area contributed by atoms with E-state index in [2.05, 4.69) is 38.8 Å². The molecule has 0 aromatic heterocycles. The van der Waals surface area contributed by atoms with Gasteiger partial charge in [-0.1, -0.05) is 49.6 Å². The van der Waals surface area contributed by atoms with Crippen LogP contribution in [0.15, 0.2) is 48.6 Å². The topological polar surface area (TPSA) is 97.4 Å². The summed E-state index contributed by atoms with van der Waals surface area (Å²) >= 11 is 6.49. The molecule has 3 aliphatic heterocycles. The van der Waals surface area contributed by atoms with E-state index in [1.807, 2.05) is 25.1 Å². The van der Waals surface area contributed by atoms with E-state index in [9.17, 15) is 13.2 Å². The number of rotatable bonds is 6. The summed E-state index contributed by atoms with van der Waals surface area (Å²) in [6.45, 7) is 8.96. The van der Waals surface area contributed by atoms with Crippen LogP contribution in [0.2, 0.25) is 5.02 Å². The molecule has 2 saturated carbocycles. The molecule has 1 N–H and O–H groups in total. The van der Waals surface area contributed by atoms with Crippen LogP contribution in [-0.4, -0.2) is 89.7 Å². The molecule has 6 atom stereocenters. The molecule has 2 bridgehead atoms. The molecule has 52 heavy (non-hydrogen) atoms. The Morgan fingerprint density at radius 2 is 1.92 bits per heavy atom. The van der Waals surface area contributed by atoms with Crippen LogP contribution in [0.3, 0.4) is 0 Å². The van der Waals surface area contributed by atoms with Crippen LogP contribution < -0.4 is 14.4 Å². The normalized spacial score (nSPS) is 32.8. The highest BCUT2D eigenvalue weighted by atomic mass is 35.5. The summed E-state index contributed by atoms with van der Waals surface area (Å²) in [6, 6.07) is 11.7. The number of halogens is 1. The number of aryl methyl sites for hydroxylation is 1. The number of anilines is 1. The predicted octanol–water partition coefficient (Wildman–Crippen LogP) is 6.38. The van der Waals surface area contributed by atoms with E-state index in [0.717, 1.165) is 107 Å². The largest absolute Gasteiger partial charge is 0.490 e. The Balaban J connectivity index is 1.14. The van der Waals surface area contributed by atoms with Gasteiger partial charge in [0.25, 0.3) is 5.91 Å². The third-order valence-electron chi connectivity index (χ3n) is 12.8. The monoisotopic (exact) mass is 751 g/mol. The Bertz CT molecular complexity index is 1760. The Labute approximate surface area is 314 Å². The fraction of sp³-hybridized carbons (Fsp3) is 0.634. The van der Waals surface area contributed by atoms with Crippen molar-refractivity contribution >= 4 is 33.2 Å². The molecule has 1 amide bonds. The number of amides is 1. The van der Waals surface area contributed by atoms with Gasteiger partial charge in [-0.2, -0.15) is 0 Å². The lowest BCUT2D eigenvalue weighted by atomic mass is 9.68. The van der Waals surface area contributed by atoms with E-state index in [0.29, 0.717) is 49.4 Å². The maximum atomic E-state index is 14.0. The minimum Gasteiger partial charge on any atom is -0.490 e. The van der Waals surface area contributed by atoms with E-state index in [1.54, 1.807) is 6.07 Å². The number of morpholine rings is 1. The highest BCUT2D eigenvalue weighted by Crippen LogP contribution is 2.47. The maximum absolute atomic E-state index is 14.0. The lowest BCUT2D eigenvalue weighted by Gasteiger charge is -2.46. The number of benzene rings is 2. The SMILES string of the molecule is C[C@H]1C/C=C\[C@H](OCCN2CCOCC2)[C@@H]2CC[C@H]2CN2C[C@@]3(CCCc4cc(Cl)ccc43)COc3ccc(cc32)C(=O)NS(=O)(=O)[C@@H]1CC1CC1. The van der Waals surface area contributed by atoms with Gasteiger partial charge in [-0.3, -0.25) is 9.69 Å². The van der Waals surface area contributed by atoms with Crippen LogP contribution in [0.25, 0.3) is 0 Å². The minimum atomic E-state index is -3.94. The number of nitrogens with zero attached hydrogens (tertiary/aromatic N) is 2. The van der Waals surface area contributed by atoms with Crippen LogP contribution in [0.1, 0.15) is 79.8 Å². The van der Waals surface area contributed by atoms with Crippen LogP contribution in [0.5, 0.6) is 5.75 Å². The third-order valence-corrected chi connectivity index (χ3v) is 15.0. The summed E-state index contributed by atoms with van der Waals surface area (Å²) in [6.07, 6.45) is 12.8. The molecule has 11 heteroatoms. The van der Waals surface area contributed by atoms with Crippen molar-refractivity contribution in [3.05, 3.63) is 70.3 Å². The summed E-state index contributed by atoms with van der Waals surface area (Å²) in [7, 11) is -3.94. The van der Waals surface area contributed by atoms with Gasteiger partial charge in [-0.15, -0.1) is 0 Å². The van der Waals surface area contributed by atoms with Crippen LogP contribution >= 0.6 is 11.6 Å². The van der Waals surface area contributed by atoms with Crippen molar-refractivity contribution in [2.75, 3.05) is 64.1 Å². The predicted molar refractivity (Wildman–Crippen MR) is 204 cm³/mol. The Morgan fingerprint density at radius 1 is 1.08 bits per heavy atom. The molecule has 6 aliphatic rings. The smallest absolute Gasteiger partial charge is 0.264 e. The van der Waals surface area contributed by atoms with Crippen molar-refractivity contribution in [3.63, 3.8) is 0 Å². The van der Waals surface area contributed by atoms with Crippen molar-refractivity contribution in [1.29, 1.82) is 0 Å². The quantitative estimate of drug-likeness (QED) is 0.340. The second-order valence-electron chi connectivity index (χ2n) is 16.4. The van der Waals surface area contributed by atoms with E-state index in [-0.39, 0.29) is 17.4 Å². The maximum Gasteiger partial charge on any atom is 0.264 e. The first-order valence-corrected chi connectivity index (χ1v) is 21.5. The number of carbonyl (C=O) groups excluding carboxylic acids is 1. The van der Waals surface area contributed by atoms with Gasteiger partial charge in [0.2, 0.25) is 10.0 Å². The van der Waals surface area contributed by atoms with Crippen molar-refractivity contribution < 1.29 is 27.4 Å². The van der Waals surface area contributed by atoms with Crippen LogP contribution in [0.4, 0.5) is 5.69 Å². The van der Waals surface area contributed by atoms with E-state index in [1.165, 1.54) is 11.1 Å². The van der Waals surface area contributed by atoms with Crippen molar-refractivity contribution in [3.8, 4) is 5.75 Å². The Hall–Kier alpha value is -2.63. The molecule has 0 unspecified atom stereocenters. The van der Waals surface area contributed by atoms with Crippen molar-refractivity contribution in [1.82, 2.24) is 9.62 Å². The zero-order valence-electron chi connectivity index (χ0n) is 30.4. The van der Waals surface area contributed by atoms with Gasteiger partial charge < -0.3 is 19.1 Å². The average Bonchev–Trinajstić information content (AvgIpc) is 3.96. The van der Waals surface area contributed by atoms with Gasteiger partial charge in [0.05, 0.1) is 43.5 Å². The lowest BCUT2D eigenvalue weighted by Crippen LogP contribution is -2.50. The summed E-state index contributed by atoms with van der Waals surface area (Å²) in [5.74, 6) is 1.12. The first kappa shape index (κ1) is 36.4. The van der Waals surface area contributed by atoms with Gasteiger partial charge in [0, 0.05) is 48.7 Å². The molecule has 0 radical (unpaired) electrons. The highest BCUT2D eigenvalue weighted by Gasteiger charge is 2.45. The van der Waals surface area contributed by atoms with Crippen LogP contribution in [-0.2, 0) is 31.3 Å². The number of carbonyl (C=O) groups is 1.